The third kappa shape index (κ3) is 5.47. The van der Waals surface area contributed by atoms with Gasteiger partial charge < -0.3 is 25.1 Å². The smallest absolute Gasteiger partial charge is 0.289 e. The maximum absolute atomic E-state index is 14.3. The van der Waals surface area contributed by atoms with E-state index in [1.165, 1.54) is 6.07 Å². The molecule has 1 aliphatic heterocycles. The molecule has 1 aliphatic rings. The second-order valence-electron chi connectivity index (χ2n) is 10.7. The van der Waals surface area contributed by atoms with Crippen molar-refractivity contribution in [2.24, 2.45) is 0 Å². The lowest BCUT2D eigenvalue weighted by molar-refractivity contribution is -0.135. The van der Waals surface area contributed by atoms with Crippen LogP contribution in [-0.4, -0.2) is 74.2 Å². The molecule has 6 rings (SSSR count). The minimum atomic E-state index is -0.865. The number of nitrogens with one attached hydrogen (secondary N) is 3. The summed E-state index contributed by atoms with van der Waals surface area (Å²) in [5, 5.41) is 3.47. The van der Waals surface area contributed by atoms with Crippen molar-refractivity contribution in [2.45, 2.75) is 31.8 Å². The zero-order valence-electron chi connectivity index (χ0n) is 23.1. The second kappa shape index (κ2) is 11.5. The minimum absolute atomic E-state index is 0.164. The Hall–Kier alpha value is -4.99. The zero-order chi connectivity index (χ0) is 29.2. The Balaban J connectivity index is 1.21. The fourth-order valence-electron chi connectivity index (χ4n) is 5.52. The number of halogens is 1. The van der Waals surface area contributed by atoms with Crippen LogP contribution in [0.4, 0.5) is 4.39 Å². The Morgan fingerprint density at radius 3 is 2.55 bits per heavy atom. The number of amides is 3. The molecule has 0 aliphatic carbocycles. The number of fused-ring (bicyclic) bond motifs is 2. The number of aromatic nitrogens is 3. The summed E-state index contributed by atoms with van der Waals surface area (Å²) >= 11 is 0. The van der Waals surface area contributed by atoms with Crippen LogP contribution in [0.1, 0.15) is 40.0 Å². The SMILES string of the molecule is CC1CCN(C(=O)c2nc3ccccc3[nH]2)CCN1C(=O)[C@H](Cc1ccccc1)NC(=O)c1cc2cccc(F)c2[nH]1. The number of imidazole rings is 1. The summed E-state index contributed by atoms with van der Waals surface area (Å²) < 4.78 is 14.3. The number of benzene rings is 3. The van der Waals surface area contributed by atoms with E-state index < -0.39 is 17.8 Å². The zero-order valence-corrected chi connectivity index (χ0v) is 23.1. The van der Waals surface area contributed by atoms with E-state index in [1.807, 2.05) is 61.5 Å². The fraction of sp³-hybridized carbons (Fsp3) is 0.250. The Morgan fingerprint density at radius 1 is 0.976 bits per heavy atom. The first-order valence-electron chi connectivity index (χ1n) is 14.0. The average Bonchev–Trinajstić information content (AvgIpc) is 3.59. The predicted molar refractivity (Wildman–Crippen MR) is 157 cm³/mol. The molecule has 2 atom stereocenters. The molecule has 1 unspecified atom stereocenters. The number of hydrogen-bond donors (Lipinski definition) is 3. The summed E-state index contributed by atoms with van der Waals surface area (Å²) in [5.41, 5.74) is 2.82. The summed E-state index contributed by atoms with van der Waals surface area (Å²) in [4.78, 5) is 54.5. The molecule has 0 radical (unpaired) electrons. The quantitative estimate of drug-likeness (QED) is 0.285. The number of aromatic amines is 2. The maximum atomic E-state index is 14.3. The minimum Gasteiger partial charge on any atom is -0.348 e. The molecule has 0 spiro atoms. The van der Waals surface area contributed by atoms with Crippen LogP contribution in [0, 0.1) is 5.82 Å². The van der Waals surface area contributed by atoms with Crippen LogP contribution in [0.5, 0.6) is 0 Å². The van der Waals surface area contributed by atoms with E-state index in [0.29, 0.717) is 31.4 Å². The highest BCUT2D eigenvalue weighted by Crippen LogP contribution is 2.20. The number of nitrogens with zero attached hydrogens (tertiary/aromatic N) is 3. The normalized spacial score (nSPS) is 16.4. The maximum Gasteiger partial charge on any atom is 0.289 e. The van der Waals surface area contributed by atoms with Crippen LogP contribution < -0.4 is 5.32 Å². The van der Waals surface area contributed by atoms with Gasteiger partial charge in [-0.1, -0.05) is 54.6 Å². The van der Waals surface area contributed by atoms with Gasteiger partial charge in [-0.15, -0.1) is 0 Å². The van der Waals surface area contributed by atoms with E-state index in [0.717, 1.165) is 16.6 Å². The lowest BCUT2D eigenvalue weighted by Gasteiger charge is -2.31. The molecule has 10 heteroatoms. The average molecular weight is 567 g/mol. The molecule has 1 saturated heterocycles. The molecule has 2 aromatic heterocycles. The molecule has 1 fully saturated rings. The van der Waals surface area contributed by atoms with Gasteiger partial charge in [0.25, 0.3) is 11.8 Å². The van der Waals surface area contributed by atoms with Crippen LogP contribution in [0.3, 0.4) is 0 Å². The standard InChI is InChI=1S/C32H31FN6O3/c1-20-14-15-38(32(42)29-35-24-12-5-6-13-25(24)36-29)16-17-39(20)31(41)27(18-21-8-3-2-4-9-21)37-30(40)26-19-22-10-7-11-23(33)28(22)34-26/h2-13,19-20,27,34H,14-18H2,1H3,(H,35,36)(H,37,40)/t20?,27-/m0/s1. The van der Waals surface area contributed by atoms with Gasteiger partial charge >= 0.3 is 0 Å². The Morgan fingerprint density at radius 2 is 1.76 bits per heavy atom. The summed E-state index contributed by atoms with van der Waals surface area (Å²) in [7, 11) is 0. The van der Waals surface area contributed by atoms with Crippen molar-refractivity contribution in [3.8, 4) is 0 Å². The van der Waals surface area contributed by atoms with Gasteiger partial charge in [0, 0.05) is 37.5 Å². The van der Waals surface area contributed by atoms with Crippen LogP contribution in [-0.2, 0) is 11.2 Å². The molecule has 3 aromatic carbocycles. The Kier molecular flexibility index (Phi) is 7.43. The predicted octanol–water partition coefficient (Wildman–Crippen LogP) is 4.29. The van der Waals surface area contributed by atoms with Gasteiger partial charge in [0.1, 0.15) is 17.6 Å². The topological polar surface area (TPSA) is 114 Å². The highest BCUT2D eigenvalue weighted by Gasteiger charge is 2.33. The van der Waals surface area contributed by atoms with E-state index >= 15 is 0 Å². The number of hydrogen-bond acceptors (Lipinski definition) is 4. The van der Waals surface area contributed by atoms with Crippen LogP contribution in [0.15, 0.2) is 78.9 Å². The van der Waals surface area contributed by atoms with E-state index in [2.05, 4.69) is 20.3 Å². The van der Waals surface area contributed by atoms with Gasteiger partial charge in [-0.25, -0.2) is 9.37 Å². The van der Waals surface area contributed by atoms with Gasteiger partial charge in [-0.2, -0.15) is 0 Å². The van der Waals surface area contributed by atoms with E-state index in [4.69, 9.17) is 0 Å². The molecule has 214 valence electrons. The van der Waals surface area contributed by atoms with Crippen molar-refractivity contribution >= 4 is 39.7 Å². The summed E-state index contributed by atoms with van der Waals surface area (Å²) in [5.74, 6) is -1.13. The molecule has 9 nitrogen and oxygen atoms in total. The first-order valence-corrected chi connectivity index (χ1v) is 14.0. The number of rotatable bonds is 6. The summed E-state index contributed by atoms with van der Waals surface area (Å²) in [6, 6.07) is 22.1. The van der Waals surface area contributed by atoms with E-state index in [1.54, 1.807) is 28.0 Å². The molecule has 3 N–H and O–H groups in total. The Labute approximate surface area is 241 Å². The highest BCUT2D eigenvalue weighted by atomic mass is 19.1. The molecule has 3 amide bonds. The van der Waals surface area contributed by atoms with Crippen molar-refractivity contribution < 1.29 is 18.8 Å². The largest absolute Gasteiger partial charge is 0.348 e. The monoisotopic (exact) mass is 566 g/mol. The summed E-state index contributed by atoms with van der Waals surface area (Å²) in [6.45, 7) is 3.07. The molecular formula is C32H31FN6O3. The van der Waals surface area contributed by atoms with Crippen molar-refractivity contribution in [3.05, 3.63) is 102 Å². The van der Waals surface area contributed by atoms with Crippen molar-refractivity contribution in [1.82, 2.24) is 30.1 Å². The third-order valence-corrected chi connectivity index (χ3v) is 7.86. The number of para-hydroxylation sites is 3. The molecule has 42 heavy (non-hydrogen) atoms. The van der Waals surface area contributed by atoms with Gasteiger partial charge in [0.05, 0.1) is 16.6 Å². The fourth-order valence-corrected chi connectivity index (χ4v) is 5.52. The van der Waals surface area contributed by atoms with Gasteiger partial charge in [0.15, 0.2) is 5.82 Å². The van der Waals surface area contributed by atoms with Crippen LogP contribution in [0.25, 0.3) is 21.9 Å². The third-order valence-electron chi connectivity index (χ3n) is 7.86. The van der Waals surface area contributed by atoms with Crippen LogP contribution >= 0.6 is 0 Å². The van der Waals surface area contributed by atoms with Crippen LogP contribution in [0.2, 0.25) is 0 Å². The number of carbonyl (C=O) groups is 3. The molecule has 3 heterocycles. The van der Waals surface area contributed by atoms with Gasteiger partial charge in [-0.05, 0) is 43.2 Å². The molecule has 5 aromatic rings. The molecular weight excluding hydrogens is 535 g/mol. The number of carbonyl (C=O) groups excluding carboxylic acids is 3. The number of H-pyrrole nitrogens is 2. The van der Waals surface area contributed by atoms with Crippen molar-refractivity contribution in [1.29, 1.82) is 0 Å². The highest BCUT2D eigenvalue weighted by molar-refractivity contribution is 6.00. The van der Waals surface area contributed by atoms with Gasteiger partial charge in [0.2, 0.25) is 5.91 Å². The van der Waals surface area contributed by atoms with Crippen molar-refractivity contribution in [3.63, 3.8) is 0 Å². The first-order chi connectivity index (χ1) is 20.4. The molecule has 0 saturated carbocycles. The Bertz CT molecular complexity index is 1730. The summed E-state index contributed by atoms with van der Waals surface area (Å²) in [6.07, 6.45) is 0.857. The lowest BCUT2D eigenvalue weighted by atomic mass is 10.0. The van der Waals surface area contributed by atoms with E-state index in [9.17, 15) is 18.8 Å². The van der Waals surface area contributed by atoms with E-state index in [-0.39, 0.29) is 41.3 Å². The molecule has 0 bridgehead atoms. The van der Waals surface area contributed by atoms with Gasteiger partial charge in [-0.3, -0.25) is 14.4 Å². The first kappa shape index (κ1) is 27.2. The van der Waals surface area contributed by atoms with Crippen molar-refractivity contribution in [2.75, 3.05) is 19.6 Å². The lowest BCUT2D eigenvalue weighted by Crippen LogP contribution is -2.52. The second-order valence-corrected chi connectivity index (χ2v) is 10.7.